The Hall–Kier alpha value is -0.810. The molecule has 5 nitrogen and oxygen atoms in total. The molecule has 0 N–H and O–H groups in total. The largest absolute Gasteiger partial charge is 0.507 e. The molecular weight excluding hydrogens is 164 g/mol. The highest BCUT2D eigenvalue weighted by Crippen LogP contribution is 1.85. The topological polar surface area (TPSA) is 54.0 Å². The summed E-state index contributed by atoms with van der Waals surface area (Å²) in [4.78, 5) is 9.74. The van der Waals surface area contributed by atoms with Crippen molar-refractivity contribution in [3.8, 4) is 0 Å². The molecule has 72 valence electrons. The molecule has 0 atom stereocenters. The normalized spacial score (nSPS) is 15.5. The molecule has 0 unspecified atom stereocenters. The SMILES string of the molecule is C1COCCO1.COC(=O)OC. The van der Waals surface area contributed by atoms with Crippen LogP contribution >= 0.6 is 0 Å². The first-order valence-electron chi connectivity index (χ1n) is 3.58. The minimum Gasteiger partial charge on any atom is -0.438 e. The predicted molar refractivity (Wildman–Crippen MR) is 41.1 cm³/mol. The van der Waals surface area contributed by atoms with E-state index < -0.39 is 6.16 Å². The van der Waals surface area contributed by atoms with E-state index in [0.29, 0.717) is 0 Å². The van der Waals surface area contributed by atoms with Gasteiger partial charge in [-0.3, -0.25) is 0 Å². The molecule has 1 heterocycles. The average molecular weight is 178 g/mol. The lowest BCUT2D eigenvalue weighted by atomic mass is 10.6. The van der Waals surface area contributed by atoms with Crippen molar-refractivity contribution in [3.05, 3.63) is 0 Å². The fraction of sp³-hybridized carbons (Fsp3) is 0.857. The molecule has 0 aliphatic carbocycles. The van der Waals surface area contributed by atoms with Crippen LogP contribution in [-0.4, -0.2) is 46.8 Å². The molecule has 1 rings (SSSR count). The van der Waals surface area contributed by atoms with E-state index in [9.17, 15) is 4.79 Å². The monoisotopic (exact) mass is 178 g/mol. The summed E-state index contributed by atoms with van der Waals surface area (Å²) in [6.07, 6.45) is -0.657. The van der Waals surface area contributed by atoms with Crippen LogP contribution in [-0.2, 0) is 18.9 Å². The minimum absolute atomic E-state index is 0.657. The number of hydrogen-bond acceptors (Lipinski definition) is 5. The van der Waals surface area contributed by atoms with E-state index in [1.54, 1.807) is 0 Å². The van der Waals surface area contributed by atoms with Crippen LogP contribution in [0.25, 0.3) is 0 Å². The van der Waals surface area contributed by atoms with Gasteiger partial charge in [0.2, 0.25) is 0 Å². The van der Waals surface area contributed by atoms with Gasteiger partial charge in [0.05, 0.1) is 40.6 Å². The highest BCUT2D eigenvalue weighted by molar-refractivity contribution is 5.59. The van der Waals surface area contributed by atoms with Crippen LogP contribution < -0.4 is 0 Å². The smallest absolute Gasteiger partial charge is 0.438 e. The Bertz CT molecular complexity index is 92.9. The van der Waals surface area contributed by atoms with Crippen LogP contribution in [0.3, 0.4) is 0 Å². The summed E-state index contributed by atoms with van der Waals surface area (Å²) in [6, 6.07) is 0. The van der Waals surface area contributed by atoms with Crippen molar-refractivity contribution >= 4 is 6.16 Å². The third-order valence-electron chi connectivity index (χ3n) is 1.08. The van der Waals surface area contributed by atoms with Crippen LogP contribution in [0.1, 0.15) is 0 Å². The van der Waals surface area contributed by atoms with Gasteiger partial charge in [-0.2, -0.15) is 0 Å². The second-order valence-electron chi connectivity index (χ2n) is 1.88. The molecule has 1 fully saturated rings. The zero-order valence-electron chi connectivity index (χ0n) is 7.37. The Morgan fingerprint density at radius 2 is 1.33 bits per heavy atom. The van der Waals surface area contributed by atoms with Gasteiger partial charge in [-0.1, -0.05) is 0 Å². The van der Waals surface area contributed by atoms with Gasteiger partial charge in [0.1, 0.15) is 0 Å². The number of methoxy groups -OCH3 is 2. The Morgan fingerprint density at radius 1 is 1.00 bits per heavy atom. The molecule has 1 saturated heterocycles. The summed E-state index contributed by atoms with van der Waals surface area (Å²) in [5.41, 5.74) is 0. The van der Waals surface area contributed by atoms with Crippen LogP contribution in [0, 0.1) is 0 Å². The Kier molecular flexibility index (Phi) is 7.73. The first-order chi connectivity index (χ1) is 5.81. The molecule has 0 bridgehead atoms. The Morgan fingerprint density at radius 3 is 1.42 bits per heavy atom. The number of carbonyl (C=O) groups excluding carboxylic acids is 1. The fourth-order valence-electron chi connectivity index (χ4n) is 0.523. The summed E-state index contributed by atoms with van der Waals surface area (Å²) < 4.78 is 18.0. The zero-order chi connectivity index (χ0) is 9.23. The molecule has 0 saturated carbocycles. The first kappa shape index (κ1) is 11.2. The number of carbonyl (C=O) groups is 1. The van der Waals surface area contributed by atoms with E-state index >= 15 is 0 Å². The lowest BCUT2D eigenvalue weighted by Crippen LogP contribution is -2.16. The van der Waals surface area contributed by atoms with Crippen molar-refractivity contribution in [1.29, 1.82) is 0 Å². The minimum atomic E-state index is -0.657. The number of ether oxygens (including phenoxy) is 4. The molecule has 0 amide bonds. The zero-order valence-corrected chi connectivity index (χ0v) is 7.37. The maximum Gasteiger partial charge on any atom is 0.507 e. The Labute approximate surface area is 71.5 Å². The van der Waals surface area contributed by atoms with Crippen molar-refractivity contribution in [2.75, 3.05) is 40.6 Å². The van der Waals surface area contributed by atoms with Gasteiger partial charge in [-0.25, -0.2) is 4.79 Å². The molecule has 0 spiro atoms. The van der Waals surface area contributed by atoms with E-state index in [0.717, 1.165) is 26.4 Å². The number of rotatable bonds is 0. The molecule has 12 heavy (non-hydrogen) atoms. The summed E-state index contributed by atoms with van der Waals surface area (Å²) in [6.45, 7) is 3.11. The predicted octanol–water partition coefficient (Wildman–Crippen LogP) is 0.432. The van der Waals surface area contributed by atoms with Crippen molar-refractivity contribution in [2.24, 2.45) is 0 Å². The summed E-state index contributed by atoms with van der Waals surface area (Å²) in [5.74, 6) is 0. The van der Waals surface area contributed by atoms with Crippen molar-refractivity contribution < 1.29 is 23.7 Å². The summed E-state index contributed by atoms with van der Waals surface area (Å²) >= 11 is 0. The maximum atomic E-state index is 9.74. The van der Waals surface area contributed by atoms with Gasteiger partial charge in [0.15, 0.2) is 0 Å². The second kappa shape index (κ2) is 8.29. The van der Waals surface area contributed by atoms with E-state index in [1.165, 1.54) is 14.2 Å². The molecule has 0 aromatic heterocycles. The van der Waals surface area contributed by atoms with Gasteiger partial charge in [0.25, 0.3) is 0 Å². The van der Waals surface area contributed by atoms with Crippen LogP contribution in [0.15, 0.2) is 0 Å². The lowest BCUT2D eigenvalue weighted by molar-refractivity contribution is -0.0334. The van der Waals surface area contributed by atoms with Gasteiger partial charge in [0, 0.05) is 0 Å². The number of hydrogen-bond donors (Lipinski definition) is 0. The molecule has 0 radical (unpaired) electrons. The van der Waals surface area contributed by atoms with Crippen molar-refractivity contribution in [2.45, 2.75) is 0 Å². The van der Waals surface area contributed by atoms with Gasteiger partial charge in [-0.05, 0) is 0 Å². The van der Waals surface area contributed by atoms with Gasteiger partial charge in [-0.15, -0.1) is 0 Å². The van der Waals surface area contributed by atoms with Gasteiger partial charge >= 0.3 is 6.16 Å². The molecule has 0 aromatic rings. The molecule has 1 aliphatic heterocycles. The van der Waals surface area contributed by atoms with Crippen LogP contribution in [0.2, 0.25) is 0 Å². The van der Waals surface area contributed by atoms with Crippen molar-refractivity contribution in [3.63, 3.8) is 0 Å². The van der Waals surface area contributed by atoms with E-state index in [1.807, 2.05) is 0 Å². The quantitative estimate of drug-likeness (QED) is 0.503. The van der Waals surface area contributed by atoms with Crippen LogP contribution in [0.5, 0.6) is 0 Å². The third-order valence-corrected chi connectivity index (χ3v) is 1.08. The van der Waals surface area contributed by atoms with E-state index in [2.05, 4.69) is 9.47 Å². The molecule has 5 heteroatoms. The molecule has 1 aliphatic rings. The standard InChI is InChI=1S/C4H8O2.C3H6O3/c1-2-6-4-3-5-1;1-5-3(4)6-2/h1-4H2;1-2H3. The van der Waals surface area contributed by atoms with E-state index in [4.69, 9.17) is 9.47 Å². The second-order valence-corrected chi connectivity index (χ2v) is 1.88. The van der Waals surface area contributed by atoms with Gasteiger partial charge < -0.3 is 18.9 Å². The Balaban J connectivity index is 0.000000202. The van der Waals surface area contributed by atoms with Crippen LogP contribution in [0.4, 0.5) is 4.79 Å². The fourth-order valence-corrected chi connectivity index (χ4v) is 0.523. The first-order valence-corrected chi connectivity index (χ1v) is 3.58. The van der Waals surface area contributed by atoms with Crippen molar-refractivity contribution in [1.82, 2.24) is 0 Å². The maximum absolute atomic E-state index is 9.74. The third kappa shape index (κ3) is 7.30. The lowest BCUT2D eigenvalue weighted by Gasteiger charge is -2.09. The molecular formula is C7H14O5. The summed E-state index contributed by atoms with van der Waals surface area (Å²) in [7, 11) is 2.51. The molecule has 0 aromatic carbocycles. The highest BCUT2D eigenvalue weighted by Gasteiger charge is 1.94. The van der Waals surface area contributed by atoms with E-state index in [-0.39, 0.29) is 0 Å². The average Bonchev–Trinajstić information content (AvgIpc) is 2.20. The highest BCUT2D eigenvalue weighted by atomic mass is 16.7. The summed E-state index contributed by atoms with van der Waals surface area (Å²) in [5, 5.41) is 0.